The van der Waals surface area contributed by atoms with Gasteiger partial charge in [-0.3, -0.25) is 8.74 Å². The fourth-order valence-corrected chi connectivity index (χ4v) is 2.26. The van der Waals surface area contributed by atoms with E-state index in [1.165, 1.54) is 24.3 Å². The van der Waals surface area contributed by atoms with Gasteiger partial charge in [0.1, 0.15) is 0 Å². The topological polar surface area (TPSA) is 97.7 Å². The lowest BCUT2D eigenvalue weighted by Gasteiger charge is -1.99. The minimum absolute atomic E-state index is 0.131. The Kier molecular flexibility index (Phi) is 5.01. The van der Waals surface area contributed by atoms with Crippen LogP contribution in [-0.2, 0) is 24.4 Å². The molecule has 6 nitrogen and oxygen atoms in total. The molecular formula is C11H12O6S2. The van der Waals surface area contributed by atoms with Crippen molar-refractivity contribution in [2.45, 2.75) is 4.90 Å². The van der Waals surface area contributed by atoms with Crippen molar-refractivity contribution in [3.05, 3.63) is 47.9 Å². The molecule has 1 aromatic carbocycles. The van der Waals surface area contributed by atoms with E-state index in [0.29, 0.717) is 5.56 Å². The van der Waals surface area contributed by atoms with Gasteiger partial charge in [0, 0.05) is 0 Å². The molecular weight excluding hydrogens is 292 g/mol. The zero-order valence-corrected chi connectivity index (χ0v) is 11.4. The average molecular weight is 304 g/mol. The van der Waals surface area contributed by atoms with Crippen LogP contribution in [0.3, 0.4) is 0 Å². The summed E-state index contributed by atoms with van der Waals surface area (Å²) < 4.78 is 57.5. The molecule has 0 atom stereocenters. The molecule has 0 aliphatic rings. The van der Waals surface area contributed by atoms with Crippen molar-refractivity contribution in [1.82, 2.24) is 0 Å². The molecule has 0 aliphatic carbocycles. The maximum absolute atomic E-state index is 11.3. The molecule has 0 unspecified atom stereocenters. The number of hydrogen-bond acceptors (Lipinski definition) is 5. The van der Waals surface area contributed by atoms with E-state index in [1.807, 2.05) is 0 Å². The molecule has 1 aromatic rings. The van der Waals surface area contributed by atoms with E-state index in [1.54, 1.807) is 0 Å². The second-order valence-electron chi connectivity index (χ2n) is 3.41. The Morgan fingerprint density at radius 2 is 1.74 bits per heavy atom. The minimum Gasteiger partial charge on any atom is -0.282 e. The molecule has 19 heavy (non-hydrogen) atoms. The first-order chi connectivity index (χ1) is 8.74. The van der Waals surface area contributed by atoms with Gasteiger partial charge in [0.2, 0.25) is 0 Å². The summed E-state index contributed by atoms with van der Waals surface area (Å²) in [5.74, 6) is 0. The first-order valence-corrected chi connectivity index (χ1v) is 7.92. The third-order valence-corrected chi connectivity index (χ3v) is 3.76. The molecule has 0 fully saturated rings. The van der Waals surface area contributed by atoms with Crippen LogP contribution in [0.2, 0.25) is 0 Å². The van der Waals surface area contributed by atoms with E-state index in [9.17, 15) is 16.8 Å². The first-order valence-electron chi connectivity index (χ1n) is 5.00. The van der Waals surface area contributed by atoms with Gasteiger partial charge >= 0.3 is 0 Å². The molecule has 0 saturated carbocycles. The van der Waals surface area contributed by atoms with Crippen LogP contribution < -0.4 is 0 Å². The van der Waals surface area contributed by atoms with Crippen LogP contribution in [0, 0.1) is 0 Å². The lowest BCUT2D eigenvalue weighted by atomic mass is 10.2. The summed E-state index contributed by atoms with van der Waals surface area (Å²) in [6.45, 7) is 3.19. The van der Waals surface area contributed by atoms with Crippen LogP contribution in [0.4, 0.5) is 0 Å². The van der Waals surface area contributed by atoms with Crippen molar-refractivity contribution in [3.8, 4) is 0 Å². The van der Waals surface area contributed by atoms with E-state index in [4.69, 9.17) is 4.55 Å². The quantitative estimate of drug-likeness (QED) is 0.485. The van der Waals surface area contributed by atoms with E-state index in [-0.39, 0.29) is 11.5 Å². The van der Waals surface area contributed by atoms with Gasteiger partial charge in [0.25, 0.3) is 20.2 Å². The summed E-state index contributed by atoms with van der Waals surface area (Å²) in [6.07, 6.45) is 2.54. The van der Waals surface area contributed by atoms with Crippen molar-refractivity contribution < 1.29 is 25.6 Å². The third kappa shape index (κ3) is 5.35. The summed E-state index contributed by atoms with van der Waals surface area (Å²) in [6, 6.07) is 5.02. The Bertz CT molecular complexity index is 668. The maximum atomic E-state index is 11.3. The Morgan fingerprint density at radius 3 is 2.21 bits per heavy atom. The summed E-state index contributed by atoms with van der Waals surface area (Å²) in [5.41, 5.74) is 0.443. The molecule has 1 N–H and O–H groups in total. The summed E-state index contributed by atoms with van der Waals surface area (Å²) in [5, 5.41) is 0.846. The highest BCUT2D eigenvalue weighted by Gasteiger charge is 2.08. The molecule has 0 aliphatic heterocycles. The molecule has 0 radical (unpaired) electrons. The highest BCUT2D eigenvalue weighted by Crippen LogP contribution is 2.12. The minimum atomic E-state index is -4.25. The SMILES string of the molecule is C=CCOS(=O)(=O)C=Cc1ccc(S(=O)(=O)O)cc1. The highest BCUT2D eigenvalue weighted by atomic mass is 32.2. The van der Waals surface area contributed by atoms with Crippen molar-refractivity contribution in [3.63, 3.8) is 0 Å². The average Bonchev–Trinajstić information content (AvgIpc) is 2.34. The van der Waals surface area contributed by atoms with E-state index in [0.717, 1.165) is 17.5 Å². The van der Waals surface area contributed by atoms with Crippen LogP contribution in [0.5, 0.6) is 0 Å². The van der Waals surface area contributed by atoms with Crippen LogP contribution in [0.25, 0.3) is 6.08 Å². The van der Waals surface area contributed by atoms with E-state index >= 15 is 0 Å². The lowest BCUT2D eigenvalue weighted by Crippen LogP contribution is -2.01. The lowest BCUT2D eigenvalue weighted by molar-refractivity contribution is 0.365. The summed E-state index contributed by atoms with van der Waals surface area (Å²) >= 11 is 0. The van der Waals surface area contributed by atoms with Gasteiger partial charge in [0.05, 0.1) is 16.9 Å². The predicted molar refractivity (Wildman–Crippen MR) is 70.4 cm³/mol. The van der Waals surface area contributed by atoms with Gasteiger partial charge in [-0.1, -0.05) is 18.2 Å². The molecule has 0 aromatic heterocycles. The third-order valence-electron chi connectivity index (χ3n) is 1.96. The number of benzene rings is 1. The van der Waals surface area contributed by atoms with Gasteiger partial charge in [-0.2, -0.15) is 16.8 Å². The monoisotopic (exact) mass is 304 g/mol. The zero-order valence-electron chi connectivity index (χ0n) is 9.76. The fraction of sp³-hybridized carbons (Fsp3) is 0.0909. The first kappa shape index (κ1) is 15.6. The molecule has 104 valence electrons. The summed E-state index contributed by atoms with van der Waals surface area (Å²) in [4.78, 5) is -0.268. The molecule has 8 heteroatoms. The van der Waals surface area contributed by atoms with E-state index in [2.05, 4.69) is 10.8 Å². The number of hydrogen-bond donors (Lipinski definition) is 1. The fourth-order valence-electron chi connectivity index (χ4n) is 1.10. The molecule has 0 amide bonds. The van der Waals surface area contributed by atoms with Crippen molar-refractivity contribution in [1.29, 1.82) is 0 Å². The van der Waals surface area contributed by atoms with Gasteiger partial charge in [-0.25, -0.2) is 0 Å². The van der Waals surface area contributed by atoms with Crippen LogP contribution in [0.15, 0.2) is 47.2 Å². The van der Waals surface area contributed by atoms with Crippen LogP contribution in [-0.4, -0.2) is 28.0 Å². The number of rotatable bonds is 6. The molecule has 0 saturated heterocycles. The summed E-state index contributed by atoms with van der Waals surface area (Å²) in [7, 11) is -8.05. The maximum Gasteiger partial charge on any atom is 0.294 e. The standard InChI is InChI=1S/C11H12O6S2/c1-2-8-17-18(12,13)9-7-10-3-5-11(6-4-10)19(14,15)16/h2-7,9H,1,8H2,(H,14,15,16). The Morgan fingerprint density at radius 1 is 1.16 bits per heavy atom. The van der Waals surface area contributed by atoms with Crippen LogP contribution in [0.1, 0.15) is 5.56 Å². The smallest absolute Gasteiger partial charge is 0.282 e. The normalized spacial score (nSPS) is 12.7. The molecule has 0 bridgehead atoms. The largest absolute Gasteiger partial charge is 0.294 e. The van der Waals surface area contributed by atoms with Gasteiger partial charge in [-0.05, 0) is 23.8 Å². The Balaban J connectivity index is 2.87. The Hall–Kier alpha value is -1.48. The second-order valence-corrected chi connectivity index (χ2v) is 6.33. The second kappa shape index (κ2) is 6.11. The van der Waals surface area contributed by atoms with Crippen molar-refractivity contribution in [2.75, 3.05) is 6.61 Å². The molecule has 0 heterocycles. The van der Waals surface area contributed by atoms with Crippen LogP contribution >= 0.6 is 0 Å². The van der Waals surface area contributed by atoms with Gasteiger partial charge in [-0.15, -0.1) is 6.58 Å². The van der Waals surface area contributed by atoms with Gasteiger partial charge < -0.3 is 0 Å². The molecule has 1 rings (SSSR count). The highest BCUT2D eigenvalue weighted by molar-refractivity contribution is 7.89. The Labute approximate surface area is 111 Å². The van der Waals surface area contributed by atoms with Crippen molar-refractivity contribution >= 4 is 26.3 Å². The van der Waals surface area contributed by atoms with Gasteiger partial charge in [0.15, 0.2) is 0 Å². The molecule has 0 spiro atoms. The predicted octanol–water partition coefficient (Wildman–Crippen LogP) is 1.44. The zero-order chi connectivity index (χ0) is 14.5. The van der Waals surface area contributed by atoms with E-state index < -0.39 is 20.2 Å². The van der Waals surface area contributed by atoms with Crippen molar-refractivity contribution in [2.24, 2.45) is 0 Å².